The second-order valence-electron chi connectivity index (χ2n) is 6.24. The maximum Gasteiger partial charge on any atom is 0.198 e. The molecule has 2 aromatic carbocycles. The number of thiazole rings is 1. The number of phenolic OH excluding ortho intramolecular Hbond substituents is 2. The molecule has 1 heterocycles. The Morgan fingerprint density at radius 3 is 2.20 bits per heavy atom. The second-order valence-corrected chi connectivity index (χ2v) is 9.26. The summed E-state index contributed by atoms with van der Waals surface area (Å²) >= 11 is 6.85. The molecule has 4 rings (SSSR count). The zero-order valence-electron chi connectivity index (χ0n) is 14.7. The number of halogens is 1. The molecule has 0 bridgehead atoms. The molecule has 12 heteroatoms. The predicted octanol–water partition coefficient (Wildman–Crippen LogP) is 2.50. The fourth-order valence-corrected chi connectivity index (χ4v) is 4.84. The van der Waals surface area contributed by atoms with Crippen LogP contribution in [0.4, 0.5) is 5.69 Å². The van der Waals surface area contributed by atoms with Crippen molar-refractivity contribution in [3.05, 3.63) is 62.1 Å². The Bertz CT molecular complexity index is 1350. The first-order valence-corrected chi connectivity index (χ1v) is 10.8. The Labute approximate surface area is 178 Å². The van der Waals surface area contributed by atoms with Gasteiger partial charge in [0, 0.05) is 22.2 Å². The number of nitrogens with zero attached hydrogens (tertiary/aromatic N) is 1. The van der Waals surface area contributed by atoms with Crippen molar-refractivity contribution in [3.63, 3.8) is 0 Å². The van der Waals surface area contributed by atoms with Gasteiger partial charge in [0.2, 0.25) is 0 Å². The van der Waals surface area contributed by atoms with Crippen LogP contribution in [0.5, 0.6) is 11.5 Å². The van der Waals surface area contributed by atoms with Crippen LogP contribution in [0.2, 0.25) is 4.47 Å². The summed E-state index contributed by atoms with van der Waals surface area (Å²) in [5, 5.41) is 23.6. The molecule has 3 N–H and O–H groups in total. The lowest BCUT2D eigenvalue weighted by molar-refractivity contribution is 0.0976. The molecule has 0 unspecified atom stereocenters. The number of ketones is 2. The van der Waals surface area contributed by atoms with Crippen molar-refractivity contribution in [2.75, 3.05) is 5.32 Å². The van der Waals surface area contributed by atoms with Crippen molar-refractivity contribution >= 4 is 50.3 Å². The quantitative estimate of drug-likeness (QED) is 0.234. The van der Waals surface area contributed by atoms with Crippen molar-refractivity contribution < 1.29 is 32.8 Å². The third-order valence-electron chi connectivity index (χ3n) is 4.49. The van der Waals surface area contributed by atoms with Crippen molar-refractivity contribution in [2.45, 2.75) is 11.4 Å². The van der Waals surface area contributed by atoms with E-state index in [4.69, 9.17) is 11.6 Å². The van der Waals surface area contributed by atoms with E-state index in [0.717, 1.165) is 11.3 Å². The summed E-state index contributed by atoms with van der Waals surface area (Å²) < 4.78 is 35.3. The lowest BCUT2D eigenvalue weighted by atomic mass is 9.82. The molecular formula is C18H10ClN2O7S2-. The van der Waals surface area contributed by atoms with Crippen LogP contribution in [0.3, 0.4) is 0 Å². The molecule has 1 aromatic heterocycles. The van der Waals surface area contributed by atoms with Crippen LogP contribution in [-0.4, -0.2) is 39.7 Å². The summed E-state index contributed by atoms with van der Waals surface area (Å²) in [6.07, 6.45) is 1.41. The molecule has 0 spiro atoms. The summed E-state index contributed by atoms with van der Waals surface area (Å²) in [5.74, 6) is -4.01. The van der Waals surface area contributed by atoms with Crippen LogP contribution in [0, 0.1) is 0 Å². The molecule has 9 nitrogen and oxygen atoms in total. The van der Waals surface area contributed by atoms with Crippen LogP contribution in [0.25, 0.3) is 0 Å². The summed E-state index contributed by atoms with van der Waals surface area (Å²) in [7, 11) is -5.40. The van der Waals surface area contributed by atoms with Crippen LogP contribution in [0.1, 0.15) is 36.7 Å². The molecule has 0 saturated carbocycles. The first-order chi connectivity index (χ1) is 14.1. The van der Waals surface area contributed by atoms with Crippen LogP contribution in [0.15, 0.2) is 35.4 Å². The van der Waals surface area contributed by atoms with Gasteiger partial charge in [0.15, 0.2) is 21.8 Å². The van der Waals surface area contributed by atoms with Gasteiger partial charge in [0.05, 0.1) is 23.4 Å². The number of rotatable bonds is 4. The smallest absolute Gasteiger partial charge is 0.198 e. The number of benzene rings is 2. The van der Waals surface area contributed by atoms with E-state index in [1.54, 1.807) is 0 Å². The van der Waals surface area contributed by atoms with E-state index >= 15 is 0 Å². The highest BCUT2D eigenvalue weighted by Crippen LogP contribution is 2.47. The minimum Gasteiger partial charge on any atom is -0.744 e. The maximum absolute atomic E-state index is 13.1. The van der Waals surface area contributed by atoms with Gasteiger partial charge in [-0.25, -0.2) is 13.4 Å². The lowest BCUT2D eigenvalue weighted by Crippen LogP contribution is -2.24. The molecule has 1 aliphatic carbocycles. The first-order valence-electron chi connectivity index (χ1n) is 8.21. The second kappa shape index (κ2) is 7.06. The third kappa shape index (κ3) is 3.12. The van der Waals surface area contributed by atoms with E-state index in [-0.39, 0.29) is 22.1 Å². The minimum absolute atomic E-state index is 0.00964. The monoisotopic (exact) mass is 465 g/mol. The van der Waals surface area contributed by atoms with Gasteiger partial charge in [-0.3, -0.25) is 9.59 Å². The Morgan fingerprint density at radius 1 is 1.07 bits per heavy atom. The summed E-state index contributed by atoms with van der Waals surface area (Å²) in [6, 6.07) is 5.74. The van der Waals surface area contributed by atoms with Crippen LogP contribution in [-0.2, 0) is 16.7 Å². The molecule has 0 fully saturated rings. The first kappa shape index (κ1) is 20.3. The third-order valence-corrected chi connectivity index (χ3v) is 6.49. The molecule has 0 amide bonds. The number of phenols is 2. The zero-order chi connectivity index (χ0) is 21.8. The number of anilines is 1. The summed E-state index contributed by atoms with van der Waals surface area (Å²) in [5.41, 5.74) is -1.62. The number of nitrogens with one attached hydrogen (secondary N) is 1. The van der Waals surface area contributed by atoms with E-state index in [9.17, 15) is 32.8 Å². The Balaban J connectivity index is 1.99. The lowest BCUT2D eigenvalue weighted by Gasteiger charge is -2.25. The summed E-state index contributed by atoms with van der Waals surface area (Å²) in [6.45, 7) is -0.0589. The van der Waals surface area contributed by atoms with Crippen molar-refractivity contribution in [3.8, 4) is 11.5 Å². The van der Waals surface area contributed by atoms with Crippen molar-refractivity contribution in [1.82, 2.24) is 4.98 Å². The highest BCUT2D eigenvalue weighted by Gasteiger charge is 2.38. The Hall–Kier alpha value is -2.99. The Kier molecular flexibility index (Phi) is 4.77. The highest BCUT2D eigenvalue weighted by molar-refractivity contribution is 7.86. The van der Waals surface area contributed by atoms with Gasteiger partial charge < -0.3 is 20.1 Å². The number of carbonyl (C=O) groups is 2. The van der Waals surface area contributed by atoms with Gasteiger partial charge in [-0.15, -0.1) is 11.3 Å². The fourth-order valence-electron chi connectivity index (χ4n) is 3.25. The normalized spacial score (nSPS) is 13.1. The zero-order valence-corrected chi connectivity index (χ0v) is 17.1. The van der Waals surface area contributed by atoms with Crippen LogP contribution >= 0.6 is 22.9 Å². The minimum atomic E-state index is -5.40. The molecule has 3 aromatic rings. The van der Waals surface area contributed by atoms with Gasteiger partial charge in [-0.05, 0) is 0 Å². The maximum atomic E-state index is 13.1. The van der Waals surface area contributed by atoms with E-state index < -0.39 is 54.9 Å². The average molecular weight is 466 g/mol. The number of carbonyl (C=O) groups excluding carboxylic acids is 2. The molecule has 0 aliphatic heterocycles. The molecule has 1 aliphatic rings. The largest absolute Gasteiger partial charge is 0.744 e. The van der Waals surface area contributed by atoms with Crippen molar-refractivity contribution in [1.29, 1.82) is 0 Å². The summed E-state index contributed by atoms with van der Waals surface area (Å²) in [4.78, 5) is 29.0. The molecule has 0 saturated heterocycles. The fraction of sp³-hybridized carbons (Fsp3) is 0.0556. The van der Waals surface area contributed by atoms with Crippen molar-refractivity contribution in [2.24, 2.45) is 0 Å². The predicted molar refractivity (Wildman–Crippen MR) is 105 cm³/mol. The van der Waals surface area contributed by atoms with E-state index in [0.29, 0.717) is 4.88 Å². The van der Waals surface area contributed by atoms with E-state index in [2.05, 4.69) is 10.3 Å². The van der Waals surface area contributed by atoms with Gasteiger partial charge in [-0.1, -0.05) is 35.9 Å². The number of hydrogen-bond acceptors (Lipinski definition) is 10. The number of aromatic hydroxyl groups is 2. The molecule has 154 valence electrons. The van der Waals surface area contributed by atoms with E-state index in [1.807, 2.05) is 0 Å². The number of hydrogen-bond donors (Lipinski definition) is 3. The molecular weight excluding hydrogens is 456 g/mol. The van der Waals surface area contributed by atoms with Crippen LogP contribution < -0.4 is 5.32 Å². The molecule has 30 heavy (non-hydrogen) atoms. The van der Waals surface area contributed by atoms with E-state index in [1.165, 1.54) is 30.5 Å². The number of fused-ring (bicyclic) bond motifs is 2. The molecule has 0 radical (unpaired) electrons. The van der Waals surface area contributed by atoms with Gasteiger partial charge in [0.25, 0.3) is 0 Å². The SMILES string of the molecule is O=C1c2ccccc2C(=O)c2c(NCc3cnc(Cl)s3)c(O)c(S(=O)(=O)[O-])c(O)c21. The van der Waals surface area contributed by atoms with Gasteiger partial charge in [0.1, 0.15) is 20.8 Å². The number of aromatic nitrogens is 1. The topological polar surface area (TPSA) is 157 Å². The molecule has 0 atom stereocenters. The van der Waals surface area contributed by atoms with Gasteiger partial charge >= 0.3 is 0 Å². The standard InChI is InChI=1S/C18H11ClN2O7S2/c19-18-21-6-7(29-18)5-20-12-10-11(15(24)17(16(12)25)30(26,27)28)14(23)9-4-2-1-3-8(9)13(10)22/h1-4,6,20,24-25H,5H2,(H,26,27,28)/p-1. The highest BCUT2D eigenvalue weighted by atomic mass is 35.5. The Morgan fingerprint density at radius 2 is 1.67 bits per heavy atom. The van der Waals surface area contributed by atoms with Gasteiger partial charge in [-0.2, -0.15) is 0 Å². The average Bonchev–Trinajstić information content (AvgIpc) is 3.09.